The standard InChI is InChI=1S/C19H20N4O2S/c1-25-15-5-2-4-14(12-15)22-7-9-23(10-8-22)19(24)16-13-20-21-18(16)17-6-3-11-26-17/h2-6,11-13H,7-10H2,1H3,(H,20,21). The van der Waals surface area contributed by atoms with Crippen LogP contribution in [0.3, 0.4) is 0 Å². The largest absolute Gasteiger partial charge is 0.497 e. The molecule has 0 spiro atoms. The lowest BCUT2D eigenvalue weighted by Crippen LogP contribution is -2.48. The SMILES string of the molecule is COc1cccc(N2CCN(C(=O)c3cn[nH]c3-c3cccs3)CC2)c1. The van der Waals surface area contributed by atoms with E-state index in [2.05, 4.69) is 21.2 Å². The van der Waals surface area contributed by atoms with Crippen LogP contribution in [0.5, 0.6) is 5.75 Å². The second kappa shape index (κ2) is 7.21. The fourth-order valence-electron chi connectivity index (χ4n) is 3.20. The summed E-state index contributed by atoms with van der Waals surface area (Å²) in [6.07, 6.45) is 1.63. The van der Waals surface area contributed by atoms with Crippen molar-refractivity contribution in [1.82, 2.24) is 15.1 Å². The lowest BCUT2D eigenvalue weighted by atomic mass is 10.1. The van der Waals surface area contributed by atoms with Gasteiger partial charge in [0.15, 0.2) is 0 Å². The molecule has 7 heteroatoms. The van der Waals surface area contributed by atoms with E-state index in [9.17, 15) is 4.79 Å². The number of H-pyrrole nitrogens is 1. The Hall–Kier alpha value is -2.80. The molecule has 1 aliphatic heterocycles. The summed E-state index contributed by atoms with van der Waals surface area (Å²) in [5.41, 5.74) is 2.57. The number of hydrogen-bond acceptors (Lipinski definition) is 5. The van der Waals surface area contributed by atoms with E-state index >= 15 is 0 Å². The average molecular weight is 368 g/mol. The minimum Gasteiger partial charge on any atom is -0.497 e. The van der Waals surface area contributed by atoms with Crippen molar-refractivity contribution < 1.29 is 9.53 Å². The van der Waals surface area contributed by atoms with Crippen LogP contribution >= 0.6 is 11.3 Å². The number of nitrogens with zero attached hydrogens (tertiary/aromatic N) is 3. The van der Waals surface area contributed by atoms with Gasteiger partial charge in [-0.1, -0.05) is 12.1 Å². The molecule has 3 aromatic rings. The third kappa shape index (κ3) is 3.17. The number of rotatable bonds is 4. The van der Waals surface area contributed by atoms with Crippen molar-refractivity contribution in [2.45, 2.75) is 0 Å². The van der Waals surface area contributed by atoms with E-state index in [1.54, 1.807) is 24.6 Å². The first-order chi connectivity index (χ1) is 12.8. The highest BCUT2D eigenvalue weighted by Crippen LogP contribution is 2.27. The van der Waals surface area contributed by atoms with E-state index < -0.39 is 0 Å². The van der Waals surface area contributed by atoms with Crippen molar-refractivity contribution in [3.8, 4) is 16.3 Å². The number of aromatic amines is 1. The molecule has 2 aromatic heterocycles. The highest BCUT2D eigenvalue weighted by atomic mass is 32.1. The number of piperazine rings is 1. The number of benzene rings is 1. The molecule has 0 aliphatic carbocycles. The van der Waals surface area contributed by atoms with Crippen LogP contribution in [0, 0.1) is 0 Å². The van der Waals surface area contributed by atoms with Crippen molar-refractivity contribution in [3.05, 3.63) is 53.5 Å². The summed E-state index contributed by atoms with van der Waals surface area (Å²) in [5.74, 6) is 0.882. The maximum Gasteiger partial charge on any atom is 0.257 e. The number of nitrogens with one attached hydrogen (secondary N) is 1. The molecule has 1 aromatic carbocycles. The molecule has 6 nitrogen and oxygen atoms in total. The van der Waals surface area contributed by atoms with E-state index in [1.807, 2.05) is 40.6 Å². The number of carbonyl (C=O) groups is 1. The number of aromatic nitrogens is 2. The topological polar surface area (TPSA) is 61.5 Å². The highest BCUT2D eigenvalue weighted by Gasteiger charge is 2.25. The fraction of sp³-hybridized carbons (Fsp3) is 0.263. The predicted octanol–water partition coefficient (Wildman–Crippen LogP) is 3.11. The maximum absolute atomic E-state index is 13.0. The van der Waals surface area contributed by atoms with Gasteiger partial charge in [0.1, 0.15) is 5.75 Å². The molecule has 0 radical (unpaired) electrons. The quantitative estimate of drug-likeness (QED) is 0.769. The lowest BCUT2D eigenvalue weighted by Gasteiger charge is -2.36. The number of anilines is 1. The zero-order valence-corrected chi connectivity index (χ0v) is 15.3. The van der Waals surface area contributed by atoms with Crippen LogP contribution < -0.4 is 9.64 Å². The summed E-state index contributed by atoms with van der Waals surface area (Å²) in [5, 5.41) is 9.05. The Labute approximate surface area is 156 Å². The minimum absolute atomic E-state index is 0.0347. The first kappa shape index (κ1) is 16.7. The molecular formula is C19H20N4O2S. The number of amides is 1. The first-order valence-corrected chi connectivity index (χ1v) is 9.40. The van der Waals surface area contributed by atoms with Gasteiger partial charge in [-0.05, 0) is 23.6 Å². The zero-order valence-electron chi connectivity index (χ0n) is 14.5. The first-order valence-electron chi connectivity index (χ1n) is 8.52. The van der Waals surface area contributed by atoms with Crippen molar-refractivity contribution >= 4 is 22.9 Å². The van der Waals surface area contributed by atoms with Gasteiger partial charge >= 0.3 is 0 Å². The molecule has 0 unspecified atom stereocenters. The van der Waals surface area contributed by atoms with Crippen LogP contribution in [0.1, 0.15) is 10.4 Å². The van der Waals surface area contributed by atoms with E-state index in [0.29, 0.717) is 18.7 Å². The van der Waals surface area contributed by atoms with Crippen LogP contribution in [-0.2, 0) is 0 Å². The third-order valence-corrected chi connectivity index (χ3v) is 5.51. The van der Waals surface area contributed by atoms with Crippen molar-refractivity contribution in [2.75, 3.05) is 38.2 Å². The van der Waals surface area contributed by atoms with Gasteiger partial charge in [-0.3, -0.25) is 9.89 Å². The summed E-state index contributed by atoms with van der Waals surface area (Å²) in [6, 6.07) is 12.0. The molecule has 4 rings (SSSR count). The third-order valence-electron chi connectivity index (χ3n) is 4.62. The van der Waals surface area contributed by atoms with Crippen LogP contribution in [0.25, 0.3) is 10.6 Å². The summed E-state index contributed by atoms with van der Waals surface area (Å²) in [7, 11) is 1.67. The van der Waals surface area contributed by atoms with Gasteiger partial charge in [-0.25, -0.2) is 0 Å². The number of methoxy groups -OCH3 is 1. The van der Waals surface area contributed by atoms with Crippen molar-refractivity contribution in [1.29, 1.82) is 0 Å². The molecule has 3 heterocycles. The summed E-state index contributed by atoms with van der Waals surface area (Å²) in [6.45, 7) is 2.96. The Morgan fingerprint density at radius 2 is 2.04 bits per heavy atom. The van der Waals surface area contributed by atoms with Crippen molar-refractivity contribution in [2.24, 2.45) is 0 Å². The van der Waals surface area contributed by atoms with Crippen LogP contribution in [0.4, 0.5) is 5.69 Å². The van der Waals surface area contributed by atoms with Crippen molar-refractivity contribution in [3.63, 3.8) is 0 Å². The maximum atomic E-state index is 13.0. The molecule has 26 heavy (non-hydrogen) atoms. The van der Waals surface area contributed by atoms with Gasteiger partial charge in [-0.2, -0.15) is 5.10 Å². The molecule has 1 amide bonds. The molecule has 0 saturated carbocycles. The molecular weight excluding hydrogens is 348 g/mol. The highest BCUT2D eigenvalue weighted by molar-refractivity contribution is 7.13. The van der Waals surface area contributed by atoms with E-state index in [-0.39, 0.29) is 5.91 Å². The molecule has 0 bridgehead atoms. The van der Waals surface area contributed by atoms with E-state index in [0.717, 1.165) is 35.1 Å². The fourth-order valence-corrected chi connectivity index (χ4v) is 3.94. The summed E-state index contributed by atoms with van der Waals surface area (Å²) < 4.78 is 5.30. The monoisotopic (exact) mass is 368 g/mol. The second-order valence-electron chi connectivity index (χ2n) is 6.12. The molecule has 0 atom stereocenters. The zero-order chi connectivity index (χ0) is 17.9. The molecule has 1 fully saturated rings. The number of carbonyl (C=O) groups excluding carboxylic acids is 1. The Balaban J connectivity index is 1.45. The Kier molecular flexibility index (Phi) is 4.62. The molecule has 1 saturated heterocycles. The second-order valence-corrected chi connectivity index (χ2v) is 7.06. The van der Waals surface area contributed by atoms with E-state index in [4.69, 9.17) is 4.74 Å². The number of thiophene rings is 1. The van der Waals surface area contributed by atoms with Gasteiger partial charge in [0, 0.05) is 37.9 Å². The normalized spacial score (nSPS) is 14.5. The molecule has 134 valence electrons. The smallest absolute Gasteiger partial charge is 0.257 e. The number of hydrogen-bond donors (Lipinski definition) is 1. The van der Waals surface area contributed by atoms with Gasteiger partial charge in [0.2, 0.25) is 0 Å². The summed E-state index contributed by atoms with van der Waals surface area (Å²) >= 11 is 1.60. The average Bonchev–Trinajstić information content (AvgIpc) is 3.39. The van der Waals surface area contributed by atoms with Gasteiger partial charge in [-0.15, -0.1) is 11.3 Å². The lowest BCUT2D eigenvalue weighted by molar-refractivity contribution is 0.0747. The van der Waals surface area contributed by atoms with Gasteiger partial charge in [0.05, 0.1) is 29.4 Å². The minimum atomic E-state index is 0.0347. The van der Waals surface area contributed by atoms with Gasteiger partial charge < -0.3 is 14.5 Å². The van der Waals surface area contributed by atoms with Crippen LogP contribution in [0.2, 0.25) is 0 Å². The summed E-state index contributed by atoms with van der Waals surface area (Å²) in [4.78, 5) is 18.2. The van der Waals surface area contributed by atoms with Gasteiger partial charge in [0.25, 0.3) is 5.91 Å². The van der Waals surface area contributed by atoms with Crippen LogP contribution in [-0.4, -0.2) is 54.3 Å². The number of ether oxygens (including phenoxy) is 1. The molecule has 1 aliphatic rings. The van der Waals surface area contributed by atoms with Crippen LogP contribution in [0.15, 0.2) is 48.0 Å². The molecule has 1 N–H and O–H groups in total. The Morgan fingerprint density at radius 1 is 1.19 bits per heavy atom. The Morgan fingerprint density at radius 3 is 2.77 bits per heavy atom. The Bertz CT molecular complexity index is 883. The van der Waals surface area contributed by atoms with E-state index in [1.165, 1.54) is 0 Å². The predicted molar refractivity (Wildman–Crippen MR) is 103 cm³/mol.